The van der Waals surface area contributed by atoms with Gasteiger partial charge in [0.2, 0.25) is 10.0 Å². The number of fused-ring (bicyclic) bond motifs is 1. The van der Waals surface area contributed by atoms with E-state index in [9.17, 15) is 8.42 Å². The lowest BCUT2D eigenvalue weighted by molar-refractivity contribution is 0.557. The van der Waals surface area contributed by atoms with Gasteiger partial charge >= 0.3 is 0 Å². The van der Waals surface area contributed by atoms with Crippen LogP contribution in [-0.4, -0.2) is 36.0 Å². The quantitative estimate of drug-likeness (QED) is 0.180. The van der Waals surface area contributed by atoms with Gasteiger partial charge in [0.25, 0.3) is 0 Å². The minimum Gasteiger partial charge on any atom is -0.363 e. The topological polar surface area (TPSA) is 80.1 Å². The molecule has 0 bridgehead atoms. The molecule has 8 heteroatoms. The molecule has 0 radical (unpaired) electrons. The van der Waals surface area contributed by atoms with E-state index in [2.05, 4.69) is 77.4 Å². The van der Waals surface area contributed by atoms with E-state index in [4.69, 9.17) is 9.97 Å². The molecule has 0 saturated carbocycles. The number of nitrogens with zero attached hydrogens (tertiary/aromatic N) is 4. The fraction of sp³-hybridized carbons (Fsp3) is 0.294. The Morgan fingerprint density at radius 3 is 2.19 bits per heavy atom. The summed E-state index contributed by atoms with van der Waals surface area (Å²) in [7, 11) is -3.65. The van der Waals surface area contributed by atoms with Gasteiger partial charge in [-0.2, -0.15) is 0 Å². The van der Waals surface area contributed by atoms with Gasteiger partial charge in [-0.05, 0) is 67.3 Å². The van der Waals surface area contributed by atoms with Gasteiger partial charge in [0.05, 0.1) is 17.5 Å². The maximum atomic E-state index is 13.1. The average Bonchev–Trinajstić information content (AvgIpc) is 3.35. The summed E-state index contributed by atoms with van der Waals surface area (Å²) in [4.78, 5) is 12.3. The van der Waals surface area contributed by atoms with Crippen LogP contribution in [0.2, 0.25) is 0 Å². The summed E-state index contributed by atoms with van der Waals surface area (Å²) in [6.45, 7) is 10.1. The number of hydrogen-bond acceptors (Lipinski definition) is 5. The van der Waals surface area contributed by atoms with Gasteiger partial charge in [0, 0.05) is 30.9 Å². The third-order valence-corrected chi connectivity index (χ3v) is 9.01. The Bertz CT molecular complexity index is 1730. The Hall–Kier alpha value is -4.01. The van der Waals surface area contributed by atoms with Gasteiger partial charge in [-0.1, -0.05) is 74.5 Å². The first kappa shape index (κ1) is 29.5. The fourth-order valence-corrected chi connectivity index (χ4v) is 6.58. The lowest BCUT2D eigenvalue weighted by atomic mass is 10.0. The van der Waals surface area contributed by atoms with E-state index >= 15 is 0 Å². The number of hydrogen-bond donors (Lipinski definition) is 1. The summed E-state index contributed by atoms with van der Waals surface area (Å²) < 4.78 is 31.3. The highest BCUT2D eigenvalue weighted by Crippen LogP contribution is 2.29. The molecule has 0 aliphatic heterocycles. The number of aromatic nitrogens is 3. The van der Waals surface area contributed by atoms with Crippen molar-refractivity contribution in [3.8, 4) is 0 Å². The number of aryl methyl sites for hydroxylation is 3. The van der Waals surface area contributed by atoms with Crippen LogP contribution in [0.4, 0.5) is 5.69 Å². The van der Waals surface area contributed by atoms with Crippen LogP contribution < -0.4 is 9.62 Å². The first-order valence-electron chi connectivity index (χ1n) is 14.6. The summed E-state index contributed by atoms with van der Waals surface area (Å²) in [5.74, 6) is 1.03. The van der Waals surface area contributed by atoms with Crippen molar-refractivity contribution >= 4 is 26.9 Å². The highest BCUT2D eigenvalue weighted by atomic mass is 32.2. The lowest BCUT2D eigenvalue weighted by Gasteiger charge is -2.34. The third-order valence-electron chi connectivity index (χ3n) is 7.57. The molecule has 1 unspecified atom stereocenters. The molecule has 0 aliphatic rings. The first-order chi connectivity index (χ1) is 20.3. The van der Waals surface area contributed by atoms with E-state index in [1.165, 1.54) is 0 Å². The van der Waals surface area contributed by atoms with Gasteiger partial charge in [0.1, 0.15) is 11.3 Å². The van der Waals surface area contributed by atoms with E-state index in [1.807, 2.05) is 31.2 Å². The predicted molar refractivity (Wildman–Crippen MR) is 170 cm³/mol. The first-order valence-corrected chi connectivity index (χ1v) is 16.1. The number of sulfonamides is 1. The highest BCUT2D eigenvalue weighted by Gasteiger charge is 2.24. The molecule has 3 aromatic carbocycles. The van der Waals surface area contributed by atoms with Gasteiger partial charge in [-0.15, -0.1) is 0 Å². The third kappa shape index (κ3) is 6.40. The Morgan fingerprint density at radius 1 is 0.881 bits per heavy atom. The number of anilines is 1. The second kappa shape index (κ2) is 12.9. The molecule has 0 saturated heterocycles. The number of nitrogens with one attached hydrogen (secondary N) is 1. The van der Waals surface area contributed by atoms with Crippen molar-refractivity contribution in [2.45, 2.75) is 58.0 Å². The lowest BCUT2D eigenvalue weighted by Crippen LogP contribution is -2.38. The van der Waals surface area contributed by atoms with Crippen LogP contribution in [0.1, 0.15) is 54.5 Å². The fourth-order valence-electron chi connectivity index (χ4n) is 5.52. The van der Waals surface area contributed by atoms with Crippen LogP contribution in [0.25, 0.3) is 11.2 Å². The van der Waals surface area contributed by atoms with E-state index in [0.717, 1.165) is 64.4 Å². The predicted octanol–water partition coefficient (Wildman–Crippen LogP) is 6.60. The van der Waals surface area contributed by atoms with Crippen molar-refractivity contribution in [3.05, 3.63) is 119 Å². The smallest absolute Gasteiger partial charge is 0.240 e. The van der Waals surface area contributed by atoms with Crippen LogP contribution in [0.15, 0.2) is 95.9 Å². The van der Waals surface area contributed by atoms with Crippen LogP contribution in [0.3, 0.4) is 0 Å². The second-order valence-electron chi connectivity index (χ2n) is 10.7. The molecule has 42 heavy (non-hydrogen) atoms. The highest BCUT2D eigenvalue weighted by molar-refractivity contribution is 7.89. The molecule has 5 aromatic rings. The largest absolute Gasteiger partial charge is 0.363 e. The summed E-state index contributed by atoms with van der Waals surface area (Å²) in [6, 6.07) is 29.1. The molecule has 1 atom stereocenters. The van der Waals surface area contributed by atoms with E-state index in [0.29, 0.717) is 6.54 Å². The van der Waals surface area contributed by atoms with Gasteiger partial charge < -0.3 is 9.47 Å². The molecular formula is C34H39N5O2S. The maximum absolute atomic E-state index is 13.1. The number of benzene rings is 3. The summed E-state index contributed by atoms with van der Waals surface area (Å²) >= 11 is 0. The Balaban J connectivity index is 1.44. The van der Waals surface area contributed by atoms with Gasteiger partial charge in [-0.3, -0.25) is 0 Å². The Morgan fingerprint density at radius 2 is 1.55 bits per heavy atom. The van der Waals surface area contributed by atoms with Crippen LogP contribution in [0.5, 0.6) is 0 Å². The van der Waals surface area contributed by atoms with Gasteiger partial charge in [-0.25, -0.2) is 23.1 Å². The normalized spacial score (nSPS) is 12.5. The number of pyridine rings is 1. The van der Waals surface area contributed by atoms with E-state index < -0.39 is 10.0 Å². The van der Waals surface area contributed by atoms with Crippen molar-refractivity contribution in [2.75, 3.05) is 18.0 Å². The molecular weight excluding hydrogens is 542 g/mol. The standard InChI is InChI=1S/C34H39N5O2S/c1-5-21-38(31(28-13-9-7-10-14-28)23-35-42(40,41)30-15-11-8-12-16-30)29-19-17-27(18-20-29)24-39-32(6-2)37-33-25(3)22-26(4)36-34(33)39/h7-20,22,31,35H,5-6,21,23-24H2,1-4H3. The molecule has 7 nitrogen and oxygen atoms in total. The van der Waals surface area contributed by atoms with Crippen LogP contribution in [0, 0.1) is 13.8 Å². The van der Waals surface area contributed by atoms with E-state index in [-0.39, 0.29) is 17.5 Å². The zero-order valence-electron chi connectivity index (χ0n) is 24.8. The zero-order valence-corrected chi connectivity index (χ0v) is 25.6. The number of rotatable bonds is 12. The molecule has 0 amide bonds. The second-order valence-corrected chi connectivity index (χ2v) is 12.4. The van der Waals surface area contributed by atoms with Crippen molar-refractivity contribution in [1.29, 1.82) is 0 Å². The molecule has 1 N–H and O–H groups in total. The van der Waals surface area contributed by atoms with Crippen LogP contribution >= 0.6 is 0 Å². The Kier molecular flexibility index (Phi) is 9.04. The van der Waals surface area contributed by atoms with Crippen molar-refractivity contribution in [3.63, 3.8) is 0 Å². The van der Waals surface area contributed by atoms with Crippen molar-refractivity contribution in [2.24, 2.45) is 0 Å². The van der Waals surface area contributed by atoms with Crippen molar-refractivity contribution < 1.29 is 8.42 Å². The summed E-state index contributed by atoms with van der Waals surface area (Å²) in [5, 5.41) is 0. The zero-order chi connectivity index (χ0) is 29.7. The molecule has 218 valence electrons. The monoisotopic (exact) mass is 581 g/mol. The SMILES string of the molecule is CCCN(c1ccc(Cn2c(CC)nc3c(C)cc(C)nc32)cc1)C(CNS(=O)(=O)c1ccccc1)c1ccccc1. The summed E-state index contributed by atoms with van der Waals surface area (Å²) in [5.41, 5.74) is 7.29. The average molecular weight is 582 g/mol. The summed E-state index contributed by atoms with van der Waals surface area (Å²) in [6.07, 6.45) is 1.75. The molecule has 2 aromatic heterocycles. The molecule has 2 heterocycles. The van der Waals surface area contributed by atoms with Crippen LogP contribution in [-0.2, 0) is 23.0 Å². The maximum Gasteiger partial charge on any atom is 0.240 e. The number of imidazole rings is 1. The van der Waals surface area contributed by atoms with Gasteiger partial charge in [0.15, 0.2) is 5.65 Å². The molecule has 0 fully saturated rings. The van der Waals surface area contributed by atoms with E-state index in [1.54, 1.807) is 24.3 Å². The van der Waals surface area contributed by atoms with Crippen molar-refractivity contribution in [1.82, 2.24) is 19.3 Å². The minimum absolute atomic E-state index is 0.185. The molecule has 0 spiro atoms. The minimum atomic E-state index is -3.65. The molecule has 0 aliphatic carbocycles. The molecule has 5 rings (SSSR count). The Labute approximate surface area is 249 Å².